The molecule has 1 aliphatic heterocycles. The molecule has 3 rings (SSSR count). The number of ether oxygens (including phenoxy) is 2. The monoisotopic (exact) mass is 390 g/mol. The number of hydrogen-bond acceptors (Lipinski definition) is 6. The minimum Gasteiger partial charge on any atom is -0.463 e. The number of halogens is 1. The lowest BCUT2D eigenvalue weighted by Gasteiger charge is -2.26. The van der Waals surface area contributed by atoms with E-state index >= 15 is 0 Å². The van der Waals surface area contributed by atoms with E-state index in [1.54, 1.807) is 26.8 Å². The Morgan fingerprint density at radius 3 is 2.68 bits per heavy atom. The molecule has 0 fully saturated rings. The number of hydrogen-bond donors (Lipinski definition) is 2. The van der Waals surface area contributed by atoms with E-state index in [4.69, 9.17) is 13.9 Å². The Labute approximate surface area is 159 Å². The number of furan rings is 1. The highest BCUT2D eigenvalue weighted by atomic mass is 19.1. The third-order valence-corrected chi connectivity index (χ3v) is 4.31. The number of amides is 2. The summed E-state index contributed by atoms with van der Waals surface area (Å²) in [5.41, 5.74) is 0.661. The van der Waals surface area contributed by atoms with Crippen molar-refractivity contribution in [3.05, 3.63) is 46.6 Å². The predicted octanol–water partition coefficient (Wildman–Crippen LogP) is 2.56. The molecule has 0 aliphatic carbocycles. The fraction of sp³-hybridized carbons (Fsp3) is 0.316. The Kier molecular flexibility index (Phi) is 5.34. The van der Waals surface area contributed by atoms with E-state index in [1.165, 1.54) is 12.1 Å². The zero-order valence-corrected chi connectivity index (χ0v) is 15.6. The van der Waals surface area contributed by atoms with Crippen molar-refractivity contribution in [2.24, 2.45) is 0 Å². The van der Waals surface area contributed by atoms with Gasteiger partial charge in [0.05, 0.1) is 23.9 Å². The summed E-state index contributed by atoms with van der Waals surface area (Å²) in [6.45, 7) is 4.64. The van der Waals surface area contributed by atoms with Gasteiger partial charge in [0.15, 0.2) is 11.4 Å². The van der Waals surface area contributed by atoms with Gasteiger partial charge >= 0.3 is 18.0 Å². The van der Waals surface area contributed by atoms with Gasteiger partial charge in [-0.1, -0.05) is 12.1 Å². The van der Waals surface area contributed by atoms with E-state index in [9.17, 15) is 18.8 Å². The van der Waals surface area contributed by atoms with Gasteiger partial charge in [-0.15, -0.1) is 0 Å². The van der Waals surface area contributed by atoms with Crippen LogP contribution in [0.2, 0.25) is 0 Å². The van der Waals surface area contributed by atoms with Crippen LogP contribution in [0.25, 0.3) is 11.0 Å². The summed E-state index contributed by atoms with van der Waals surface area (Å²) >= 11 is 0. The molecule has 28 heavy (non-hydrogen) atoms. The Morgan fingerprint density at radius 2 is 2.00 bits per heavy atom. The van der Waals surface area contributed by atoms with Gasteiger partial charge in [0, 0.05) is 10.9 Å². The quantitative estimate of drug-likeness (QED) is 0.760. The highest BCUT2D eigenvalue weighted by Gasteiger charge is 2.31. The molecule has 2 amide bonds. The second kappa shape index (κ2) is 7.71. The molecule has 1 aliphatic rings. The normalized spacial score (nSPS) is 16.6. The lowest BCUT2D eigenvalue weighted by atomic mass is 10.0. The van der Waals surface area contributed by atoms with Gasteiger partial charge < -0.3 is 24.5 Å². The van der Waals surface area contributed by atoms with Crippen LogP contribution < -0.4 is 10.6 Å². The number of aryl methyl sites for hydroxylation is 1. The molecular weight excluding hydrogens is 371 g/mol. The molecular formula is C19H19FN2O6. The summed E-state index contributed by atoms with van der Waals surface area (Å²) in [6.07, 6.45) is 0. The first-order chi connectivity index (χ1) is 13.3. The van der Waals surface area contributed by atoms with Gasteiger partial charge in [-0.05, 0) is 26.8 Å². The van der Waals surface area contributed by atoms with Crippen molar-refractivity contribution >= 4 is 28.9 Å². The van der Waals surface area contributed by atoms with E-state index in [0.29, 0.717) is 10.9 Å². The van der Waals surface area contributed by atoms with Crippen LogP contribution >= 0.6 is 0 Å². The van der Waals surface area contributed by atoms with Crippen molar-refractivity contribution in [3.8, 4) is 0 Å². The van der Waals surface area contributed by atoms with Crippen LogP contribution in [0.3, 0.4) is 0 Å². The van der Waals surface area contributed by atoms with E-state index < -0.39 is 29.8 Å². The first-order valence-electron chi connectivity index (χ1n) is 8.65. The summed E-state index contributed by atoms with van der Waals surface area (Å²) < 4.78 is 29.4. The summed E-state index contributed by atoms with van der Waals surface area (Å²) in [4.78, 5) is 36.4. The fourth-order valence-corrected chi connectivity index (χ4v) is 3.00. The molecule has 2 heterocycles. The van der Waals surface area contributed by atoms with Gasteiger partial charge in [0.25, 0.3) is 0 Å². The first kappa shape index (κ1) is 19.4. The molecule has 0 spiro atoms. The van der Waals surface area contributed by atoms with Crippen LogP contribution in [0.15, 0.2) is 33.9 Å². The fourth-order valence-electron chi connectivity index (χ4n) is 3.00. The molecule has 0 radical (unpaired) electrons. The van der Waals surface area contributed by atoms with Crippen LogP contribution in [0, 0.1) is 12.7 Å². The standard InChI is InChI=1S/C19H19FN2O6/c1-4-26-17(23)14-10(3)21-19(25)22-13(14)8-27-18(24)15-9(2)11-6-5-7-12(20)16(11)28-15/h5-7,10H,4,8H2,1-3H3,(H2,21,22,25)/t10-/m0/s1. The van der Waals surface area contributed by atoms with Crippen molar-refractivity contribution in [2.45, 2.75) is 26.8 Å². The van der Waals surface area contributed by atoms with Crippen LogP contribution in [0.1, 0.15) is 30.0 Å². The number of urea groups is 1. The molecule has 0 bridgehead atoms. The molecule has 1 aromatic carbocycles. The van der Waals surface area contributed by atoms with Gasteiger partial charge in [-0.3, -0.25) is 0 Å². The summed E-state index contributed by atoms with van der Waals surface area (Å²) in [5, 5.41) is 5.46. The molecule has 0 saturated carbocycles. The maximum atomic E-state index is 13.9. The SMILES string of the molecule is CCOC(=O)C1=C(COC(=O)c2oc3c(F)cccc3c2C)NC(=O)N[C@H]1C. The van der Waals surface area contributed by atoms with E-state index in [0.717, 1.165) is 0 Å². The number of nitrogens with one attached hydrogen (secondary N) is 2. The van der Waals surface area contributed by atoms with Crippen molar-refractivity contribution in [1.29, 1.82) is 0 Å². The summed E-state index contributed by atoms with van der Waals surface area (Å²) in [7, 11) is 0. The van der Waals surface area contributed by atoms with Gasteiger partial charge in [-0.2, -0.15) is 0 Å². The van der Waals surface area contributed by atoms with E-state index in [1.807, 2.05) is 0 Å². The number of esters is 2. The predicted molar refractivity (Wildman–Crippen MR) is 96.0 cm³/mol. The van der Waals surface area contributed by atoms with Crippen molar-refractivity contribution in [3.63, 3.8) is 0 Å². The Hall–Kier alpha value is -3.36. The average Bonchev–Trinajstić information content (AvgIpc) is 2.98. The lowest BCUT2D eigenvalue weighted by molar-refractivity contribution is -0.139. The third-order valence-electron chi connectivity index (χ3n) is 4.31. The number of carbonyl (C=O) groups is 3. The van der Waals surface area contributed by atoms with E-state index in [2.05, 4.69) is 10.6 Å². The van der Waals surface area contributed by atoms with Gasteiger partial charge in [0.1, 0.15) is 6.61 Å². The largest absolute Gasteiger partial charge is 0.463 e. The third kappa shape index (κ3) is 3.55. The second-order valence-electron chi connectivity index (χ2n) is 6.18. The molecule has 8 nitrogen and oxygen atoms in total. The molecule has 148 valence electrons. The molecule has 2 aromatic rings. The maximum absolute atomic E-state index is 13.9. The van der Waals surface area contributed by atoms with E-state index in [-0.39, 0.29) is 35.8 Å². The van der Waals surface area contributed by atoms with Crippen molar-refractivity contribution in [1.82, 2.24) is 10.6 Å². The Bertz CT molecular complexity index is 994. The minimum atomic E-state index is -0.843. The van der Waals surface area contributed by atoms with Crippen LogP contribution in [-0.2, 0) is 14.3 Å². The van der Waals surface area contributed by atoms with Crippen LogP contribution in [-0.4, -0.2) is 37.2 Å². The van der Waals surface area contributed by atoms with Gasteiger partial charge in [0.2, 0.25) is 5.76 Å². The number of para-hydroxylation sites is 1. The molecule has 1 aromatic heterocycles. The van der Waals surface area contributed by atoms with Crippen LogP contribution in [0.5, 0.6) is 0 Å². The van der Waals surface area contributed by atoms with Crippen molar-refractivity contribution in [2.75, 3.05) is 13.2 Å². The first-order valence-corrected chi connectivity index (χ1v) is 8.65. The second-order valence-corrected chi connectivity index (χ2v) is 6.18. The molecule has 9 heteroatoms. The topological polar surface area (TPSA) is 107 Å². The smallest absolute Gasteiger partial charge is 0.374 e. The van der Waals surface area contributed by atoms with Gasteiger partial charge in [-0.25, -0.2) is 18.8 Å². The highest BCUT2D eigenvalue weighted by molar-refractivity contribution is 5.97. The molecule has 0 saturated heterocycles. The summed E-state index contributed by atoms with van der Waals surface area (Å²) in [6, 6.07) is 3.21. The van der Waals surface area contributed by atoms with Crippen molar-refractivity contribution < 1.29 is 32.7 Å². The Balaban J connectivity index is 1.85. The minimum absolute atomic E-state index is 0.0397. The average molecular weight is 390 g/mol. The lowest BCUT2D eigenvalue weighted by Crippen LogP contribution is -2.50. The number of rotatable bonds is 5. The number of carbonyl (C=O) groups excluding carboxylic acids is 3. The molecule has 2 N–H and O–H groups in total. The van der Waals surface area contributed by atoms with Crippen LogP contribution in [0.4, 0.5) is 9.18 Å². The molecule has 1 atom stereocenters. The highest BCUT2D eigenvalue weighted by Crippen LogP contribution is 2.28. The number of fused-ring (bicyclic) bond motifs is 1. The zero-order chi connectivity index (χ0) is 20.4. The zero-order valence-electron chi connectivity index (χ0n) is 15.6. The summed E-state index contributed by atoms with van der Waals surface area (Å²) in [5.74, 6) is -2.21. The maximum Gasteiger partial charge on any atom is 0.374 e. The Morgan fingerprint density at radius 1 is 1.25 bits per heavy atom. The molecule has 0 unspecified atom stereocenters. The number of benzene rings is 1.